The SMILES string of the molecule is CCCC[C@H](CC)C(=O)Nc1ccc(Cl)cc1C(F)(F)F. The fourth-order valence-corrected chi connectivity index (χ4v) is 2.24. The topological polar surface area (TPSA) is 29.1 Å². The van der Waals surface area contributed by atoms with Crippen molar-refractivity contribution in [3.05, 3.63) is 28.8 Å². The molecule has 1 aromatic carbocycles. The molecule has 0 unspecified atom stereocenters. The zero-order chi connectivity index (χ0) is 16.0. The van der Waals surface area contributed by atoms with E-state index in [1.165, 1.54) is 12.1 Å². The summed E-state index contributed by atoms with van der Waals surface area (Å²) in [5.41, 5.74) is -1.17. The highest BCUT2D eigenvalue weighted by Gasteiger charge is 2.34. The van der Waals surface area contributed by atoms with Crippen molar-refractivity contribution < 1.29 is 18.0 Å². The molecule has 0 aromatic heterocycles. The molecule has 0 fully saturated rings. The minimum atomic E-state index is -4.56. The van der Waals surface area contributed by atoms with Crippen LogP contribution in [-0.2, 0) is 11.0 Å². The molecule has 118 valence electrons. The molecule has 0 heterocycles. The first-order valence-corrected chi connectivity index (χ1v) is 7.35. The molecular formula is C15H19ClF3NO. The summed E-state index contributed by atoms with van der Waals surface area (Å²) < 4.78 is 38.9. The maximum absolute atomic E-state index is 13.0. The number of alkyl halides is 3. The van der Waals surface area contributed by atoms with Gasteiger partial charge in [0.15, 0.2) is 0 Å². The van der Waals surface area contributed by atoms with E-state index >= 15 is 0 Å². The van der Waals surface area contributed by atoms with Gasteiger partial charge in [-0.15, -0.1) is 0 Å². The number of carbonyl (C=O) groups is 1. The van der Waals surface area contributed by atoms with E-state index in [2.05, 4.69) is 5.32 Å². The monoisotopic (exact) mass is 321 g/mol. The van der Waals surface area contributed by atoms with Gasteiger partial charge in [-0.1, -0.05) is 38.3 Å². The summed E-state index contributed by atoms with van der Waals surface area (Å²) in [6.07, 6.45) is -1.47. The zero-order valence-electron chi connectivity index (χ0n) is 12.1. The molecule has 1 aromatic rings. The summed E-state index contributed by atoms with van der Waals surface area (Å²) >= 11 is 5.61. The molecule has 0 saturated carbocycles. The molecule has 6 heteroatoms. The predicted octanol–water partition coefficient (Wildman–Crippen LogP) is 5.51. The van der Waals surface area contributed by atoms with Crippen molar-refractivity contribution in [1.82, 2.24) is 0 Å². The smallest absolute Gasteiger partial charge is 0.325 e. The zero-order valence-corrected chi connectivity index (χ0v) is 12.8. The lowest BCUT2D eigenvalue weighted by Gasteiger charge is -2.18. The lowest BCUT2D eigenvalue weighted by molar-refractivity contribution is -0.137. The third kappa shape index (κ3) is 5.23. The molecule has 0 bridgehead atoms. The van der Waals surface area contributed by atoms with Crippen molar-refractivity contribution in [3.8, 4) is 0 Å². The van der Waals surface area contributed by atoms with Crippen LogP contribution in [0.5, 0.6) is 0 Å². The van der Waals surface area contributed by atoms with E-state index in [0.29, 0.717) is 12.8 Å². The summed E-state index contributed by atoms with van der Waals surface area (Å²) in [4.78, 5) is 12.1. The van der Waals surface area contributed by atoms with Crippen molar-refractivity contribution in [3.63, 3.8) is 0 Å². The molecule has 0 aliphatic rings. The Morgan fingerprint density at radius 2 is 2.00 bits per heavy atom. The molecule has 2 nitrogen and oxygen atoms in total. The number of hydrogen-bond acceptors (Lipinski definition) is 1. The normalized spacial score (nSPS) is 13.0. The summed E-state index contributed by atoms with van der Waals surface area (Å²) in [5, 5.41) is 2.37. The van der Waals surface area contributed by atoms with Gasteiger partial charge in [0.25, 0.3) is 0 Å². The number of halogens is 4. The summed E-state index contributed by atoms with van der Waals surface area (Å²) in [6, 6.07) is 3.35. The van der Waals surface area contributed by atoms with Crippen LogP contribution in [0.2, 0.25) is 5.02 Å². The van der Waals surface area contributed by atoms with E-state index < -0.39 is 11.7 Å². The molecule has 0 spiro atoms. The number of rotatable bonds is 6. The van der Waals surface area contributed by atoms with Gasteiger partial charge in [-0.2, -0.15) is 13.2 Å². The maximum Gasteiger partial charge on any atom is 0.418 e. The fraction of sp³-hybridized carbons (Fsp3) is 0.533. The minimum Gasteiger partial charge on any atom is -0.325 e. The highest BCUT2D eigenvalue weighted by molar-refractivity contribution is 6.30. The van der Waals surface area contributed by atoms with E-state index in [4.69, 9.17) is 11.6 Å². The third-order valence-corrected chi connectivity index (χ3v) is 3.55. The quantitative estimate of drug-likeness (QED) is 0.735. The largest absolute Gasteiger partial charge is 0.418 e. The van der Waals surface area contributed by atoms with Gasteiger partial charge in [0.1, 0.15) is 0 Å². The number of amides is 1. The van der Waals surface area contributed by atoms with Crippen molar-refractivity contribution in [2.24, 2.45) is 5.92 Å². The molecule has 0 radical (unpaired) electrons. The summed E-state index contributed by atoms with van der Waals surface area (Å²) in [7, 11) is 0. The highest BCUT2D eigenvalue weighted by atomic mass is 35.5. The fourth-order valence-electron chi connectivity index (χ4n) is 2.07. The Bertz CT molecular complexity index is 488. The number of hydrogen-bond donors (Lipinski definition) is 1. The van der Waals surface area contributed by atoms with Crippen LogP contribution in [0.1, 0.15) is 45.1 Å². The molecule has 0 aliphatic heterocycles. The average Bonchev–Trinajstić information content (AvgIpc) is 2.40. The number of nitrogens with one attached hydrogen (secondary N) is 1. The van der Waals surface area contributed by atoms with Crippen LogP contribution in [0.15, 0.2) is 18.2 Å². The van der Waals surface area contributed by atoms with Gasteiger partial charge in [-0.05, 0) is 31.0 Å². The first-order chi connectivity index (χ1) is 9.79. The van der Waals surface area contributed by atoms with E-state index in [1.54, 1.807) is 0 Å². The van der Waals surface area contributed by atoms with Crippen LogP contribution in [0.4, 0.5) is 18.9 Å². The summed E-state index contributed by atoms with van der Waals surface area (Å²) in [5.74, 6) is -0.652. The lowest BCUT2D eigenvalue weighted by Crippen LogP contribution is -2.24. The number of unbranched alkanes of at least 4 members (excludes halogenated alkanes) is 1. The van der Waals surface area contributed by atoms with Crippen LogP contribution in [0.25, 0.3) is 0 Å². The van der Waals surface area contributed by atoms with Gasteiger partial charge >= 0.3 is 6.18 Å². The molecule has 1 rings (SSSR count). The van der Waals surface area contributed by atoms with Crippen molar-refractivity contribution in [2.75, 3.05) is 5.32 Å². The first-order valence-electron chi connectivity index (χ1n) is 6.97. The van der Waals surface area contributed by atoms with E-state index in [-0.39, 0.29) is 22.5 Å². The first kappa shape index (κ1) is 17.8. The van der Waals surface area contributed by atoms with Crippen LogP contribution in [-0.4, -0.2) is 5.91 Å². The second kappa shape index (κ2) is 7.69. The Morgan fingerprint density at radius 3 is 2.52 bits per heavy atom. The third-order valence-electron chi connectivity index (χ3n) is 3.31. The second-order valence-corrected chi connectivity index (χ2v) is 5.36. The van der Waals surface area contributed by atoms with Gasteiger partial charge in [-0.25, -0.2) is 0 Å². The van der Waals surface area contributed by atoms with Crippen LogP contribution in [0.3, 0.4) is 0 Å². The predicted molar refractivity (Wildman–Crippen MR) is 78.4 cm³/mol. The van der Waals surface area contributed by atoms with Gasteiger partial charge in [0, 0.05) is 10.9 Å². The molecule has 0 aliphatic carbocycles. The van der Waals surface area contributed by atoms with Gasteiger partial charge in [0.05, 0.1) is 11.3 Å². The number of anilines is 1. The molecule has 1 amide bonds. The minimum absolute atomic E-state index is 0.0154. The van der Waals surface area contributed by atoms with E-state index in [1.807, 2.05) is 13.8 Å². The molecule has 1 N–H and O–H groups in total. The van der Waals surface area contributed by atoms with Crippen LogP contribution < -0.4 is 5.32 Å². The molecule has 21 heavy (non-hydrogen) atoms. The van der Waals surface area contributed by atoms with Crippen molar-refractivity contribution in [1.29, 1.82) is 0 Å². The van der Waals surface area contributed by atoms with Crippen LogP contribution in [0, 0.1) is 5.92 Å². The molecular weight excluding hydrogens is 303 g/mol. The van der Waals surface area contributed by atoms with Gasteiger partial charge in [0.2, 0.25) is 5.91 Å². The van der Waals surface area contributed by atoms with Gasteiger partial charge in [-0.3, -0.25) is 4.79 Å². The van der Waals surface area contributed by atoms with Crippen molar-refractivity contribution >= 4 is 23.2 Å². The second-order valence-electron chi connectivity index (χ2n) is 4.92. The number of carbonyl (C=O) groups excluding carboxylic acids is 1. The molecule has 1 atom stereocenters. The Kier molecular flexibility index (Phi) is 6.52. The maximum atomic E-state index is 13.0. The lowest BCUT2D eigenvalue weighted by atomic mass is 9.98. The van der Waals surface area contributed by atoms with E-state index in [0.717, 1.165) is 18.9 Å². The van der Waals surface area contributed by atoms with Crippen LogP contribution >= 0.6 is 11.6 Å². The van der Waals surface area contributed by atoms with Crippen molar-refractivity contribution in [2.45, 2.75) is 45.7 Å². The number of benzene rings is 1. The Balaban J connectivity index is 2.94. The Hall–Kier alpha value is -1.23. The Labute approximate surface area is 127 Å². The summed E-state index contributed by atoms with van der Waals surface area (Å²) in [6.45, 7) is 3.86. The standard InChI is InChI=1S/C15H19ClF3NO/c1-3-5-6-10(4-2)14(21)20-13-8-7-11(16)9-12(13)15(17,18)19/h7-10H,3-6H2,1-2H3,(H,20,21)/t10-/m0/s1. The molecule has 0 saturated heterocycles. The average molecular weight is 322 g/mol. The Morgan fingerprint density at radius 1 is 1.33 bits per heavy atom. The van der Waals surface area contributed by atoms with E-state index in [9.17, 15) is 18.0 Å². The van der Waals surface area contributed by atoms with Gasteiger partial charge < -0.3 is 5.32 Å². The highest BCUT2D eigenvalue weighted by Crippen LogP contribution is 2.36.